The molecule has 1 aromatic heterocycles. The molecular formula is C7H7NO5. The molecule has 0 bridgehead atoms. The zero-order valence-electron chi connectivity index (χ0n) is 7.07. The van der Waals surface area contributed by atoms with Gasteiger partial charge in [0.05, 0.1) is 0 Å². The van der Waals surface area contributed by atoms with Crippen LogP contribution in [0.5, 0.6) is 0 Å². The molecule has 1 heterocycles. The van der Waals surface area contributed by atoms with Gasteiger partial charge in [0.15, 0.2) is 6.10 Å². The van der Waals surface area contributed by atoms with Gasteiger partial charge in [0.1, 0.15) is 5.08 Å². The smallest absolute Gasteiger partial charge is 0.341 e. The summed E-state index contributed by atoms with van der Waals surface area (Å²) in [6, 6.07) is 0. The Kier molecular flexibility index (Phi) is 2.59. The molecule has 70 valence electrons. The third kappa shape index (κ3) is 2.27. The van der Waals surface area contributed by atoms with Crippen molar-refractivity contribution < 1.29 is 13.9 Å². The molecule has 6 nitrogen and oxygen atoms in total. The van der Waals surface area contributed by atoms with Gasteiger partial charge < -0.3 is 4.84 Å². The zero-order valence-corrected chi connectivity index (χ0v) is 7.07. The van der Waals surface area contributed by atoms with Crippen molar-refractivity contribution in [3.8, 4) is 11.8 Å². The summed E-state index contributed by atoms with van der Waals surface area (Å²) in [6.45, 7) is 3.23. The van der Waals surface area contributed by atoms with Crippen molar-refractivity contribution in [2.45, 2.75) is 20.0 Å². The molecule has 1 atom stereocenters. The van der Waals surface area contributed by atoms with E-state index in [0.717, 1.165) is 0 Å². The minimum Gasteiger partial charge on any atom is -0.341 e. The number of hydrogen-bond acceptors (Lipinski definition) is 5. The van der Waals surface area contributed by atoms with Crippen LogP contribution in [0, 0.1) is 11.8 Å². The van der Waals surface area contributed by atoms with Crippen molar-refractivity contribution in [1.82, 2.24) is 5.08 Å². The molecule has 1 aromatic rings. The Bertz CT molecular complexity index is 412. The Hall–Kier alpha value is -1.90. The Morgan fingerprint density at radius 2 is 1.92 bits per heavy atom. The summed E-state index contributed by atoms with van der Waals surface area (Å²) < 4.78 is 8.45. The maximum absolute atomic E-state index is 10.5. The van der Waals surface area contributed by atoms with E-state index in [4.69, 9.17) is 4.84 Å². The minimum absolute atomic E-state index is 0.347. The van der Waals surface area contributed by atoms with Crippen molar-refractivity contribution in [2.24, 2.45) is 0 Å². The van der Waals surface area contributed by atoms with E-state index in [-0.39, 0.29) is 0 Å². The Morgan fingerprint density at radius 1 is 1.38 bits per heavy atom. The van der Waals surface area contributed by atoms with E-state index >= 15 is 0 Å². The first-order valence-electron chi connectivity index (χ1n) is 3.47. The summed E-state index contributed by atoms with van der Waals surface area (Å²) in [5.74, 6) is 5.19. The van der Waals surface area contributed by atoms with Crippen LogP contribution in [0.25, 0.3) is 0 Å². The third-order valence-electron chi connectivity index (χ3n) is 1.07. The Labute approximate surface area is 72.6 Å². The highest BCUT2D eigenvalue weighted by molar-refractivity contribution is 5.00. The SMILES string of the molecule is CC#CC(C)On1oc(=O)c(=O)o1. The van der Waals surface area contributed by atoms with E-state index in [0.29, 0.717) is 5.08 Å². The minimum atomic E-state index is -1.11. The summed E-state index contributed by atoms with van der Waals surface area (Å²) >= 11 is 0. The van der Waals surface area contributed by atoms with E-state index < -0.39 is 17.4 Å². The first-order valence-corrected chi connectivity index (χ1v) is 3.47. The van der Waals surface area contributed by atoms with Crippen LogP contribution < -0.4 is 16.1 Å². The van der Waals surface area contributed by atoms with Gasteiger partial charge in [-0.05, 0) is 13.8 Å². The van der Waals surface area contributed by atoms with Gasteiger partial charge in [-0.25, -0.2) is 9.59 Å². The van der Waals surface area contributed by atoms with E-state index in [1.807, 2.05) is 0 Å². The molecule has 0 aliphatic rings. The zero-order chi connectivity index (χ0) is 9.84. The Balaban J connectivity index is 2.79. The average Bonchev–Trinajstić information content (AvgIpc) is 2.31. The lowest BCUT2D eigenvalue weighted by atomic mass is 10.4. The highest BCUT2D eigenvalue weighted by Crippen LogP contribution is 1.82. The topological polar surface area (TPSA) is 74.6 Å². The van der Waals surface area contributed by atoms with Crippen molar-refractivity contribution in [2.75, 3.05) is 0 Å². The molecule has 13 heavy (non-hydrogen) atoms. The number of aromatic nitrogens is 1. The molecule has 0 radical (unpaired) electrons. The van der Waals surface area contributed by atoms with Crippen molar-refractivity contribution in [1.29, 1.82) is 0 Å². The largest absolute Gasteiger partial charge is 0.449 e. The molecule has 0 amide bonds. The van der Waals surface area contributed by atoms with Crippen LogP contribution in [0.4, 0.5) is 0 Å². The van der Waals surface area contributed by atoms with Crippen molar-refractivity contribution >= 4 is 0 Å². The lowest BCUT2D eigenvalue weighted by Gasteiger charge is -2.01. The second kappa shape index (κ2) is 3.67. The predicted octanol–water partition coefficient (Wildman–Crippen LogP) is -0.765. The molecular weight excluding hydrogens is 178 g/mol. The molecule has 1 rings (SSSR count). The van der Waals surface area contributed by atoms with Crippen molar-refractivity contribution in [3.05, 3.63) is 20.8 Å². The predicted molar refractivity (Wildman–Crippen MR) is 41.0 cm³/mol. The highest BCUT2D eigenvalue weighted by atomic mass is 17.0. The van der Waals surface area contributed by atoms with Crippen LogP contribution in [-0.2, 0) is 0 Å². The first-order chi connectivity index (χ1) is 6.13. The van der Waals surface area contributed by atoms with Gasteiger partial charge in [-0.2, -0.15) is 0 Å². The van der Waals surface area contributed by atoms with Crippen LogP contribution in [0.3, 0.4) is 0 Å². The highest BCUT2D eigenvalue weighted by Gasteiger charge is 2.07. The van der Waals surface area contributed by atoms with Crippen LogP contribution in [0.15, 0.2) is 18.6 Å². The van der Waals surface area contributed by atoms with Gasteiger partial charge >= 0.3 is 11.3 Å². The quantitative estimate of drug-likeness (QED) is 0.447. The van der Waals surface area contributed by atoms with Crippen LogP contribution in [-0.4, -0.2) is 11.2 Å². The summed E-state index contributed by atoms with van der Waals surface area (Å²) in [6.07, 6.45) is -0.524. The van der Waals surface area contributed by atoms with Gasteiger partial charge in [-0.3, -0.25) is 9.05 Å². The molecule has 0 fully saturated rings. The summed E-state index contributed by atoms with van der Waals surface area (Å²) in [5.41, 5.74) is -2.23. The molecule has 0 aliphatic carbocycles. The summed E-state index contributed by atoms with van der Waals surface area (Å²) in [7, 11) is 0. The van der Waals surface area contributed by atoms with Gasteiger partial charge in [0.2, 0.25) is 0 Å². The first kappa shape index (κ1) is 9.19. The standard InChI is InChI=1S/C7H7NO5/c1-3-4-5(2)11-8-12-6(9)7(10)13-8/h5H,1-2H3. The molecule has 0 N–H and O–H groups in total. The lowest BCUT2D eigenvalue weighted by molar-refractivity contribution is -0.157. The second-order valence-corrected chi connectivity index (χ2v) is 2.12. The van der Waals surface area contributed by atoms with Gasteiger partial charge in [0.25, 0.3) is 0 Å². The summed E-state index contributed by atoms with van der Waals surface area (Å²) in [5, 5.41) is 0.347. The maximum Gasteiger partial charge on any atom is 0.449 e. The summed E-state index contributed by atoms with van der Waals surface area (Å²) in [4.78, 5) is 25.7. The van der Waals surface area contributed by atoms with Crippen molar-refractivity contribution in [3.63, 3.8) is 0 Å². The Morgan fingerprint density at radius 3 is 2.38 bits per heavy atom. The van der Waals surface area contributed by atoms with Crippen LogP contribution in [0.1, 0.15) is 13.8 Å². The molecule has 0 saturated heterocycles. The van der Waals surface area contributed by atoms with Gasteiger partial charge in [-0.15, -0.1) is 5.92 Å². The fourth-order valence-electron chi connectivity index (χ4n) is 0.630. The molecule has 0 aliphatic heterocycles. The van der Waals surface area contributed by atoms with Gasteiger partial charge in [0, 0.05) is 0 Å². The van der Waals surface area contributed by atoms with E-state index in [1.54, 1.807) is 13.8 Å². The molecule has 0 saturated carbocycles. The molecule has 0 aromatic carbocycles. The third-order valence-corrected chi connectivity index (χ3v) is 1.07. The number of nitrogens with zero attached hydrogens (tertiary/aromatic N) is 1. The van der Waals surface area contributed by atoms with Gasteiger partial charge in [-0.1, -0.05) is 5.92 Å². The molecule has 0 spiro atoms. The fraction of sp³-hybridized carbons (Fsp3) is 0.429. The molecule has 6 heteroatoms. The van der Waals surface area contributed by atoms with E-state index in [9.17, 15) is 9.59 Å². The lowest BCUT2D eigenvalue weighted by Crippen LogP contribution is -2.19. The second-order valence-electron chi connectivity index (χ2n) is 2.12. The van der Waals surface area contributed by atoms with Crippen LogP contribution >= 0.6 is 0 Å². The maximum atomic E-state index is 10.5. The normalized spacial score (nSPS) is 11.5. The monoisotopic (exact) mass is 185 g/mol. The van der Waals surface area contributed by atoms with E-state index in [1.165, 1.54) is 0 Å². The molecule has 1 unspecified atom stereocenters. The average molecular weight is 185 g/mol. The number of hydrogen-bond donors (Lipinski definition) is 0. The van der Waals surface area contributed by atoms with E-state index in [2.05, 4.69) is 20.9 Å². The van der Waals surface area contributed by atoms with Crippen LogP contribution in [0.2, 0.25) is 0 Å². The number of rotatable bonds is 2. The fourth-order valence-corrected chi connectivity index (χ4v) is 0.630.